The summed E-state index contributed by atoms with van der Waals surface area (Å²) >= 11 is 0. The van der Waals surface area contributed by atoms with Gasteiger partial charge in [-0.25, -0.2) is 0 Å². The number of unbranched alkanes of at least 4 members (excludes halogenated alkanes) is 3. The fourth-order valence-electron chi connectivity index (χ4n) is 2.23. The molecule has 0 aliphatic rings. The molecule has 0 saturated heterocycles. The van der Waals surface area contributed by atoms with Crippen LogP contribution in [0.15, 0.2) is 24.3 Å². The molecular weight excluding hydrogens is 238 g/mol. The van der Waals surface area contributed by atoms with E-state index < -0.39 is 5.97 Å². The van der Waals surface area contributed by atoms with Crippen molar-refractivity contribution in [3.05, 3.63) is 29.8 Å². The molecule has 0 fully saturated rings. The Morgan fingerprint density at radius 1 is 1.16 bits per heavy atom. The van der Waals surface area contributed by atoms with E-state index in [-0.39, 0.29) is 6.42 Å². The Hall–Kier alpha value is -1.51. The number of hydrogen-bond acceptors (Lipinski definition) is 2. The van der Waals surface area contributed by atoms with Crippen LogP contribution in [0.5, 0.6) is 0 Å². The molecule has 0 unspecified atom stereocenters. The van der Waals surface area contributed by atoms with Crippen LogP contribution in [0.3, 0.4) is 0 Å². The zero-order chi connectivity index (χ0) is 14.1. The maximum Gasteiger partial charge on any atom is 0.305 e. The van der Waals surface area contributed by atoms with Gasteiger partial charge < -0.3 is 10.0 Å². The molecule has 1 N–H and O–H groups in total. The summed E-state index contributed by atoms with van der Waals surface area (Å²) in [5.74, 6) is -0.729. The smallest absolute Gasteiger partial charge is 0.305 e. The standard InChI is InChI=1S/C16H25NO2/c1-3-4-5-8-12-17(13-11-16(18)19)15-10-7-6-9-14(15)2/h6-7,9-10H,3-5,8,11-13H2,1-2H3,(H,18,19). The number of rotatable bonds is 9. The second-order valence-electron chi connectivity index (χ2n) is 4.98. The number of benzene rings is 1. The van der Waals surface area contributed by atoms with Gasteiger partial charge in [0.05, 0.1) is 6.42 Å². The average Bonchev–Trinajstić information content (AvgIpc) is 2.39. The maximum absolute atomic E-state index is 10.8. The highest BCUT2D eigenvalue weighted by atomic mass is 16.4. The van der Waals surface area contributed by atoms with Crippen LogP contribution in [0.1, 0.15) is 44.6 Å². The van der Waals surface area contributed by atoms with Gasteiger partial charge in [-0.15, -0.1) is 0 Å². The van der Waals surface area contributed by atoms with Crippen molar-refractivity contribution >= 4 is 11.7 Å². The molecule has 3 heteroatoms. The van der Waals surface area contributed by atoms with Gasteiger partial charge in [-0.05, 0) is 25.0 Å². The van der Waals surface area contributed by atoms with Crippen LogP contribution in [-0.2, 0) is 4.79 Å². The highest BCUT2D eigenvalue weighted by Gasteiger charge is 2.10. The lowest BCUT2D eigenvalue weighted by atomic mass is 10.1. The second kappa shape index (κ2) is 8.57. The lowest BCUT2D eigenvalue weighted by Crippen LogP contribution is -2.28. The van der Waals surface area contributed by atoms with Gasteiger partial charge in [0, 0.05) is 18.8 Å². The molecule has 0 saturated carbocycles. The van der Waals surface area contributed by atoms with Gasteiger partial charge in [0.1, 0.15) is 0 Å². The molecule has 1 aromatic rings. The molecule has 0 aliphatic carbocycles. The Morgan fingerprint density at radius 3 is 2.53 bits per heavy atom. The minimum absolute atomic E-state index is 0.197. The summed E-state index contributed by atoms with van der Waals surface area (Å²) in [5, 5.41) is 8.86. The SMILES string of the molecule is CCCCCCN(CCC(=O)O)c1ccccc1C. The molecule has 0 atom stereocenters. The van der Waals surface area contributed by atoms with Gasteiger partial charge in [-0.3, -0.25) is 4.79 Å². The van der Waals surface area contributed by atoms with Crippen molar-refractivity contribution in [3.8, 4) is 0 Å². The normalized spacial score (nSPS) is 10.4. The van der Waals surface area contributed by atoms with Crippen molar-refractivity contribution in [2.45, 2.75) is 46.0 Å². The summed E-state index contributed by atoms with van der Waals surface area (Å²) in [7, 11) is 0. The predicted molar refractivity (Wildman–Crippen MR) is 79.8 cm³/mol. The van der Waals surface area contributed by atoms with Crippen molar-refractivity contribution in [2.75, 3.05) is 18.0 Å². The molecule has 19 heavy (non-hydrogen) atoms. The Kier molecular flexibility index (Phi) is 7.01. The largest absolute Gasteiger partial charge is 0.481 e. The molecule has 0 amide bonds. The number of aryl methyl sites for hydroxylation is 1. The molecular formula is C16H25NO2. The van der Waals surface area contributed by atoms with Crippen LogP contribution in [0.4, 0.5) is 5.69 Å². The topological polar surface area (TPSA) is 40.5 Å². The third-order valence-corrected chi connectivity index (χ3v) is 3.33. The Balaban J connectivity index is 2.63. The van der Waals surface area contributed by atoms with Crippen molar-refractivity contribution in [1.29, 1.82) is 0 Å². The minimum atomic E-state index is -0.729. The van der Waals surface area contributed by atoms with Crippen LogP contribution in [0.2, 0.25) is 0 Å². The first kappa shape index (κ1) is 15.5. The van der Waals surface area contributed by atoms with E-state index in [4.69, 9.17) is 5.11 Å². The van der Waals surface area contributed by atoms with E-state index in [1.54, 1.807) is 0 Å². The van der Waals surface area contributed by atoms with E-state index in [1.807, 2.05) is 12.1 Å². The van der Waals surface area contributed by atoms with Crippen molar-refractivity contribution in [3.63, 3.8) is 0 Å². The summed E-state index contributed by atoms with van der Waals surface area (Å²) in [6.45, 7) is 5.81. The number of aliphatic carboxylic acids is 1. The van der Waals surface area contributed by atoms with Gasteiger partial charge in [0.25, 0.3) is 0 Å². The number of nitrogens with zero attached hydrogens (tertiary/aromatic N) is 1. The van der Waals surface area contributed by atoms with Crippen LogP contribution in [-0.4, -0.2) is 24.2 Å². The molecule has 0 aromatic heterocycles. The third-order valence-electron chi connectivity index (χ3n) is 3.33. The van der Waals surface area contributed by atoms with Crippen LogP contribution in [0, 0.1) is 6.92 Å². The van der Waals surface area contributed by atoms with Crippen molar-refractivity contribution < 1.29 is 9.90 Å². The van der Waals surface area contributed by atoms with Crippen LogP contribution < -0.4 is 4.90 Å². The number of carbonyl (C=O) groups is 1. The summed E-state index contributed by atoms with van der Waals surface area (Å²) in [6.07, 6.45) is 5.01. The third kappa shape index (κ3) is 5.77. The monoisotopic (exact) mass is 263 g/mol. The zero-order valence-corrected chi connectivity index (χ0v) is 12.1. The molecule has 0 heterocycles. The molecule has 106 valence electrons. The van der Waals surface area contributed by atoms with Gasteiger partial charge in [-0.1, -0.05) is 44.4 Å². The first-order valence-corrected chi connectivity index (χ1v) is 7.17. The molecule has 0 bridgehead atoms. The average molecular weight is 263 g/mol. The summed E-state index contributed by atoms with van der Waals surface area (Å²) < 4.78 is 0. The molecule has 3 nitrogen and oxygen atoms in total. The van der Waals surface area contributed by atoms with Gasteiger partial charge >= 0.3 is 5.97 Å². The summed E-state index contributed by atoms with van der Waals surface area (Å²) in [5.41, 5.74) is 2.38. The van der Waals surface area contributed by atoms with Gasteiger partial charge in [0.2, 0.25) is 0 Å². The van der Waals surface area contributed by atoms with Gasteiger partial charge in [0.15, 0.2) is 0 Å². The van der Waals surface area contributed by atoms with E-state index in [0.717, 1.165) is 13.0 Å². The van der Waals surface area contributed by atoms with Crippen LogP contribution >= 0.6 is 0 Å². The Labute approximate surface area is 116 Å². The molecule has 0 aliphatic heterocycles. The van der Waals surface area contributed by atoms with E-state index >= 15 is 0 Å². The van der Waals surface area contributed by atoms with Gasteiger partial charge in [-0.2, -0.15) is 0 Å². The van der Waals surface area contributed by atoms with E-state index in [0.29, 0.717) is 6.54 Å². The molecule has 0 radical (unpaired) electrons. The Bertz CT molecular complexity index is 390. The van der Waals surface area contributed by atoms with E-state index in [9.17, 15) is 4.79 Å². The number of carboxylic acid groups (broad SMARTS) is 1. The predicted octanol–water partition coefficient (Wildman–Crippen LogP) is 3.86. The Morgan fingerprint density at radius 2 is 1.89 bits per heavy atom. The first-order valence-electron chi connectivity index (χ1n) is 7.17. The van der Waals surface area contributed by atoms with Crippen molar-refractivity contribution in [2.24, 2.45) is 0 Å². The first-order chi connectivity index (χ1) is 9.15. The number of hydrogen-bond donors (Lipinski definition) is 1. The maximum atomic E-state index is 10.8. The van der Waals surface area contributed by atoms with Crippen molar-refractivity contribution in [1.82, 2.24) is 0 Å². The second-order valence-corrected chi connectivity index (χ2v) is 4.98. The lowest BCUT2D eigenvalue weighted by molar-refractivity contribution is -0.136. The summed E-state index contributed by atoms with van der Waals surface area (Å²) in [6, 6.07) is 8.19. The van der Waals surface area contributed by atoms with E-state index in [2.05, 4.69) is 30.9 Å². The van der Waals surface area contributed by atoms with E-state index in [1.165, 1.54) is 30.5 Å². The highest BCUT2D eigenvalue weighted by Crippen LogP contribution is 2.20. The number of anilines is 1. The highest BCUT2D eigenvalue weighted by molar-refractivity contribution is 5.68. The minimum Gasteiger partial charge on any atom is -0.481 e. The molecule has 0 spiro atoms. The van der Waals surface area contributed by atoms with Crippen LogP contribution in [0.25, 0.3) is 0 Å². The fraction of sp³-hybridized carbons (Fsp3) is 0.562. The lowest BCUT2D eigenvalue weighted by Gasteiger charge is -2.26. The molecule has 1 rings (SSSR count). The number of para-hydroxylation sites is 1. The quantitative estimate of drug-likeness (QED) is 0.688. The number of carboxylic acids is 1. The summed E-state index contributed by atoms with van der Waals surface area (Å²) in [4.78, 5) is 13.0. The zero-order valence-electron chi connectivity index (χ0n) is 12.1. The molecule has 1 aromatic carbocycles. The fourth-order valence-corrected chi connectivity index (χ4v) is 2.23.